The fourth-order valence-corrected chi connectivity index (χ4v) is 4.17. The molecule has 1 unspecified atom stereocenters. The van der Waals surface area contributed by atoms with Crippen molar-refractivity contribution in [2.45, 2.75) is 18.9 Å². The normalized spacial score (nSPS) is 16.9. The second-order valence-corrected chi connectivity index (χ2v) is 8.09. The van der Waals surface area contributed by atoms with Gasteiger partial charge in [0.1, 0.15) is 48.4 Å². The fourth-order valence-electron chi connectivity index (χ4n) is 4.17. The zero-order valence-corrected chi connectivity index (χ0v) is 17.6. The molecule has 1 saturated heterocycles. The maximum atomic E-state index is 12.7. The highest BCUT2D eigenvalue weighted by Crippen LogP contribution is 2.43. The largest absolute Gasteiger partial charge is 0.504 e. The third kappa shape index (κ3) is 4.11. The van der Waals surface area contributed by atoms with Crippen molar-refractivity contribution < 1.29 is 28.8 Å². The van der Waals surface area contributed by atoms with Crippen molar-refractivity contribution >= 4 is 11.0 Å². The van der Waals surface area contributed by atoms with Crippen LogP contribution in [0, 0.1) is 0 Å². The van der Waals surface area contributed by atoms with Crippen LogP contribution in [0.4, 0.5) is 0 Å². The van der Waals surface area contributed by atoms with Gasteiger partial charge in [-0.05, 0) is 50.2 Å². The predicted molar refractivity (Wildman–Crippen MR) is 118 cm³/mol. The first-order valence-corrected chi connectivity index (χ1v) is 10.8. The van der Waals surface area contributed by atoms with Gasteiger partial charge in [-0.2, -0.15) is 0 Å². The monoisotopic (exact) mass is 439 g/mol. The molecule has 2 N–H and O–H groups in total. The average Bonchev–Trinajstić information content (AvgIpc) is 3.31. The summed E-state index contributed by atoms with van der Waals surface area (Å²) >= 11 is 0. The molecule has 8 nitrogen and oxygen atoms in total. The smallest absolute Gasteiger partial charge is 0.204 e. The van der Waals surface area contributed by atoms with Crippen molar-refractivity contribution in [2.75, 3.05) is 39.5 Å². The lowest BCUT2D eigenvalue weighted by Gasteiger charge is -2.20. The van der Waals surface area contributed by atoms with E-state index in [1.54, 1.807) is 30.3 Å². The van der Waals surface area contributed by atoms with Gasteiger partial charge in [-0.1, -0.05) is 0 Å². The first-order chi connectivity index (χ1) is 15.6. The molecule has 0 spiro atoms. The Bertz CT molecular complexity index is 1170. The summed E-state index contributed by atoms with van der Waals surface area (Å²) < 4.78 is 22.6. The Morgan fingerprint density at radius 3 is 2.59 bits per heavy atom. The zero-order valence-electron chi connectivity index (χ0n) is 17.6. The van der Waals surface area contributed by atoms with Crippen LogP contribution < -0.4 is 19.6 Å². The van der Waals surface area contributed by atoms with Crippen molar-refractivity contribution in [3.05, 3.63) is 46.6 Å². The molecule has 1 aromatic heterocycles. The summed E-state index contributed by atoms with van der Waals surface area (Å²) in [6.07, 6.45) is 1.82. The summed E-state index contributed by atoms with van der Waals surface area (Å²) in [6, 6.07) is 10.0. The molecule has 3 heterocycles. The summed E-state index contributed by atoms with van der Waals surface area (Å²) in [5.74, 6) is 1.22. The third-order valence-electron chi connectivity index (χ3n) is 5.75. The van der Waals surface area contributed by atoms with Gasteiger partial charge in [0, 0.05) is 24.2 Å². The van der Waals surface area contributed by atoms with Crippen molar-refractivity contribution in [3.63, 3.8) is 0 Å². The SMILES string of the molecule is O=c1cc(-c2ccc(OCC(O)CN3CCCC3)cc2)oc2cc3c(c(O)c12)OCCO3. The van der Waals surface area contributed by atoms with Gasteiger partial charge in [0.25, 0.3) is 0 Å². The molecule has 1 fully saturated rings. The van der Waals surface area contributed by atoms with E-state index in [0.717, 1.165) is 13.1 Å². The Kier molecular flexibility index (Phi) is 5.63. The van der Waals surface area contributed by atoms with Crippen molar-refractivity contribution in [1.82, 2.24) is 4.90 Å². The van der Waals surface area contributed by atoms with Crippen LogP contribution in [0.1, 0.15) is 12.8 Å². The van der Waals surface area contributed by atoms with Gasteiger partial charge in [-0.15, -0.1) is 0 Å². The molecule has 0 saturated carbocycles. The van der Waals surface area contributed by atoms with Gasteiger partial charge >= 0.3 is 0 Å². The average molecular weight is 439 g/mol. The summed E-state index contributed by atoms with van der Waals surface area (Å²) in [5.41, 5.74) is 0.532. The number of phenolic OH excluding ortho intramolecular Hbond substituents is 1. The summed E-state index contributed by atoms with van der Waals surface area (Å²) in [7, 11) is 0. The summed E-state index contributed by atoms with van der Waals surface area (Å²) in [5, 5.41) is 20.7. The summed E-state index contributed by atoms with van der Waals surface area (Å²) in [4.78, 5) is 14.9. The van der Waals surface area contributed by atoms with E-state index in [9.17, 15) is 15.0 Å². The number of hydrogen-bond donors (Lipinski definition) is 2. The molecule has 8 heteroatoms. The quantitative estimate of drug-likeness (QED) is 0.605. The molecular formula is C24H25NO7. The lowest BCUT2D eigenvalue weighted by atomic mass is 10.1. The van der Waals surface area contributed by atoms with Crippen LogP contribution in [0.15, 0.2) is 45.6 Å². The van der Waals surface area contributed by atoms with Crippen LogP contribution in [0.5, 0.6) is 23.0 Å². The first-order valence-electron chi connectivity index (χ1n) is 10.8. The zero-order chi connectivity index (χ0) is 22.1. The maximum Gasteiger partial charge on any atom is 0.204 e. The van der Waals surface area contributed by atoms with Gasteiger partial charge in [-0.25, -0.2) is 0 Å². The Morgan fingerprint density at radius 2 is 1.81 bits per heavy atom. The minimum absolute atomic E-state index is 0.0601. The Labute approximate surface area is 184 Å². The maximum absolute atomic E-state index is 12.7. The second-order valence-electron chi connectivity index (χ2n) is 8.09. The fraction of sp³-hybridized carbons (Fsp3) is 0.375. The number of nitrogens with zero attached hydrogens (tertiary/aromatic N) is 1. The van der Waals surface area contributed by atoms with Crippen LogP contribution in [-0.2, 0) is 0 Å². The van der Waals surface area contributed by atoms with Crippen molar-refractivity contribution in [3.8, 4) is 34.3 Å². The van der Waals surface area contributed by atoms with Crippen LogP contribution in [0.2, 0.25) is 0 Å². The first kappa shape index (κ1) is 20.7. The van der Waals surface area contributed by atoms with E-state index >= 15 is 0 Å². The van der Waals surface area contributed by atoms with Gasteiger partial charge in [0.15, 0.2) is 16.9 Å². The molecule has 1 atom stereocenters. The molecule has 2 aromatic carbocycles. The minimum Gasteiger partial charge on any atom is -0.504 e. The molecule has 0 aliphatic carbocycles. The molecule has 0 radical (unpaired) electrons. The number of β-amino-alcohol motifs (C(OH)–C–C–N with tert-alkyl or cyclic N) is 1. The van der Waals surface area contributed by atoms with E-state index in [4.69, 9.17) is 18.6 Å². The van der Waals surface area contributed by atoms with Crippen LogP contribution in [0.3, 0.4) is 0 Å². The number of rotatable bonds is 6. The van der Waals surface area contributed by atoms with Gasteiger partial charge in [0.05, 0.1) is 0 Å². The number of ether oxygens (including phenoxy) is 3. The molecule has 168 valence electrons. The number of aromatic hydroxyl groups is 1. The second kappa shape index (κ2) is 8.72. The van der Waals surface area contributed by atoms with Gasteiger partial charge in [0.2, 0.25) is 5.75 Å². The number of hydrogen-bond acceptors (Lipinski definition) is 8. The minimum atomic E-state index is -0.545. The highest BCUT2D eigenvalue weighted by molar-refractivity contribution is 5.89. The van der Waals surface area contributed by atoms with Gasteiger partial charge in [-0.3, -0.25) is 4.79 Å². The van der Waals surface area contributed by atoms with E-state index in [0.29, 0.717) is 42.6 Å². The Hall–Kier alpha value is -3.23. The van der Waals surface area contributed by atoms with Gasteiger partial charge < -0.3 is 33.7 Å². The third-order valence-corrected chi connectivity index (χ3v) is 5.75. The van der Waals surface area contributed by atoms with Crippen molar-refractivity contribution in [2.24, 2.45) is 0 Å². The number of likely N-dealkylation sites (tertiary alicyclic amines) is 1. The highest BCUT2D eigenvalue weighted by Gasteiger charge is 2.23. The van der Waals surface area contributed by atoms with E-state index in [2.05, 4.69) is 4.90 Å². The van der Waals surface area contributed by atoms with E-state index in [-0.39, 0.29) is 34.5 Å². The van der Waals surface area contributed by atoms with E-state index < -0.39 is 6.10 Å². The van der Waals surface area contributed by atoms with Crippen LogP contribution in [-0.4, -0.2) is 60.7 Å². The molecular weight excluding hydrogens is 414 g/mol. The van der Waals surface area contributed by atoms with Crippen molar-refractivity contribution in [1.29, 1.82) is 0 Å². The molecule has 2 aliphatic rings. The lowest BCUT2D eigenvalue weighted by Crippen LogP contribution is -2.33. The Morgan fingerprint density at radius 1 is 1.06 bits per heavy atom. The standard InChI is InChI=1S/C24H25NO7/c26-16(13-25-7-1-2-8-25)14-31-17-5-3-15(4-6-17)19-11-18(27)22-20(32-19)12-21-24(23(22)28)30-10-9-29-21/h3-6,11-12,16,26,28H,1-2,7-10,13-14H2. The molecule has 5 rings (SSSR count). The molecule has 2 aliphatic heterocycles. The molecule has 3 aromatic rings. The van der Waals surface area contributed by atoms with Crippen LogP contribution in [0.25, 0.3) is 22.3 Å². The number of fused-ring (bicyclic) bond motifs is 2. The lowest BCUT2D eigenvalue weighted by molar-refractivity contribution is 0.0758. The predicted octanol–water partition coefficient (Wildman–Crippen LogP) is 2.77. The highest BCUT2D eigenvalue weighted by atomic mass is 16.6. The number of benzene rings is 2. The van der Waals surface area contributed by atoms with E-state index in [1.807, 2.05) is 0 Å². The van der Waals surface area contributed by atoms with E-state index in [1.165, 1.54) is 18.9 Å². The molecule has 32 heavy (non-hydrogen) atoms. The summed E-state index contributed by atoms with van der Waals surface area (Å²) in [6.45, 7) is 3.55. The molecule has 0 amide bonds. The molecule has 0 bridgehead atoms. The van der Waals surface area contributed by atoms with Crippen LogP contribution >= 0.6 is 0 Å². The Balaban J connectivity index is 1.33. The number of aliphatic hydroxyl groups excluding tert-OH is 1. The number of aliphatic hydroxyl groups is 1. The number of phenols is 1. The topological polar surface area (TPSA) is 102 Å².